The Morgan fingerprint density at radius 1 is 0.288 bits per heavy atom. The van der Waals surface area contributed by atoms with Crippen LogP contribution in [0.2, 0.25) is 0 Å². The lowest BCUT2D eigenvalue weighted by molar-refractivity contribution is 1.12. The average Bonchev–Trinajstić information content (AvgIpc) is 3.81. The zero-order chi connectivity index (χ0) is 34.2. The van der Waals surface area contributed by atoms with Gasteiger partial charge in [0.25, 0.3) is 0 Å². The fourth-order valence-corrected chi connectivity index (χ4v) is 8.52. The second-order valence-corrected chi connectivity index (χ2v) is 13.8. The van der Waals surface area contributed by atoms with Gasteiger partial charge in [0.1, 0.15) is 0 Å². The Labute approximate surface area is 301 Å². The van der Waals surface area contributed by atoms with E-state index < -0.39 is 0 Å². The Kier molecular flexibility index (Phi) is 6.28. The van der Waals surface area contributed by atoms with Crippen LogP contribution in [-0.4, -0.2) is 9.13 Å². The van der Waals surface area contributed by atoms with Gasteiger partial charge in [-0.2, -0.15) is 0 Å². The standard InChI is InChI=1S/C50H32N2/c1-3-14-38(15-4-1)51-29-28-33-22-26-45-47-32-37(24-27-48(47)52(50(45)49(33)51)39-16-5-2-6-17-39)35-13-11-12-34(30-35)36-23-25-44-42-20-8-7-18-40(42)41-19-9-10-21-43(41)46(44)31-36/h1-32H. The van der Waals surface area contributed by atoms with Gasteiger partial charge in [-0.3, -0.25) is 0 Å². The number of rotatable bonds is 4. The molecule has 9 aromatic carbocycles. The summed E-state index contributed by atoms with van der Waals surface area (Å²) in [6, 6.07) is 68.8. The number of aromatic nitrogens is 2. The molecule has 11 aromatic rings. The molecule has 0 aliphatic heterocycles. The van der Waals surface area contributed by atoms with Crippen LogP contribution in [0.5, 0.6) is 0 Å². The second-order valence-electron chi connectivity index (χ2n) is 13.8. The Hall–Kier alpha value is -6.90. The van der Waals surface area contributed by atoms with Gasteiger partial charge in [-0.1, -0.05) is 133 Å². The number of hydrogen-bond acceptors (Lipinski definition) is 0. The van der Waals surface area contributed by atoms with Gasteiger partial charge in [0.2, 0.25) is 0 Å². The van der Waals surface area contributed by atoms with E-state index in [-0.39, 0.29) is 0 Å². The number of benzene rings is 9. The van der Waals surface area contributed by atoms with Gasteiger partial charge in [0, 0.05) is 33.7 Å². The van der Waals surface area contributed by atoms with Crippen molar-refractivity contribution >= 4 is 65.0 Å². The Morgan fingerprint density at radius 3 is 1.48 bits per heavy atom. The smallest absolute Gasteiger partial charge is 0.0788 e. The third-order valence-corrected chi connectivity index (χ3v) is 10.9. The number of hydrogen-bond donors (Lipinski definition) is 0. The first-order valence-electron chi connectivity index (χ1n) is 17.9. The van der Waals surface area contributed by atoms with Crippen LogP contribution in [0, 0.1) is 0 Å². The minimum atomic E-state index is 1.15. The van der Waals surface area contributed by atoms with Gasteiger partial charge in [-0.05, 0) is 109 Å². The van der Waals surface area contributed by atoms with Crippen LogP contribution in [0.15, 0.2) is 194 Å². The van der Waals surface area contributed by atoms with E-state index in [0.717, 1.165) is 11.4 Å². The quantitative estimate of drug-likeness (QED) is 0.166. The molecule has 2 nitrogen and oxygen atoms in total. The molecule has 242 valence electrons. The molecule has 0 fully saturated rings. The van der Waals surface area contributed by atoms with Gasteiger partial charge >= 0.3 is 0 Å². The number of para-hydroxylation sites is 2. The molecule has 0 aliphatic carbocycles. The minimum Gasteiger partial charge on any atom is -0.315 e. The molecule has 0 saturated heterocycles. The molecule has 0 unspecified atom stereocenters. The first kappa shape index (κ1) is 28.9. The highest BCUT2D eigenvalue weighted by Gasteiger charge is 2.19. The third kappa shape index (κ3) is 4.31. The van der Waals surface area contributed by atoms with Crippen LogP contribution in [0.25, 0.3) is 98.7 Å². The van der Waals surface area contributed by atoms with Crippen molar-refractivity contribution in [1.29, 1.82) is 0 Å². The molecular weight excluding hydrogens is 629 g/mol. The predicted octanol–water partition coefficient (Wildman–Crippen LogP) is 13.5. The second kappa shape index (κ2) is 11.3. The maximum atomic E-state index is 2.44. The van der Waals surface area contributed by atoms with Crippen LogP contribution in [0.3, 0.4) is 0 Å². The third-order valence-electron chi connectivity index (χ3n) is 10.9. The highest BCUT2D eigenvalue weighted by atomic mass is 15.0. The van der Waals surface area contributed by atoms with Crippen molar-refractivity contribution in [3.63, 3.8) is 0 Å². The monoisotopic (exact) mass is 660 g/mol. The molecular formula is C50H32N2. The Morgan fingerprint density at radius 2 is 0.808 bits per heavy atom. The molecule has 52 heavy (non-hydrogen) atoms. The summed E-state index contributed by atoms with van der Waals surface area (Å²) in [5, 5.41) is 11.5. The summed E-state index contributed by atoms with van der Waals surface area (Å²) < 4.78 is 4.77. The molecule has 0 atom stereocenters. The summed E-state index contributed by atoms with van der Waals surface area (Å²) in [6.45, 7) is 0. The van der Waals surface area contributed by atoms with Crippen LogP contribution in [0.1, 0.15) is 0 Å². The van der Waals surface area contributed by atoms with Crippen molar-refractivity contribution in [2.75, 3.05) is 0 Å². The van der Waals surface area contributed by atoms with E-state index in [2.05, 4.69) is 203 Å². The van der Waals surface area contributed by atoms with E-state index in [9.17, 15) is 0 Å². The molecule has 2 heterocycles. The van der Waals surface area contributed by atoms with E-state index in [1.165, 1.54) is 87.3 Å². The van der Waals surface area contributed by atoms with Crippen LogP contribution >= 0.6 is 0 Å². The summed E-state index contributed by atoms with van der Waals surface area (Å²) in [6.07, 6.45) is 2.20. The molecule has 0 radical (unpaired) electrons. The van der Waals surface area contributed by atoms with Gasteiger partial charge in [0.05, 0.1) is 16.6 Å². The highest BCUT2D eigenvalue weighted by Crippen LogP contribution is 2.41. The lowest BCUT2D eigenvalue weighted by atomic mass is 9.91. The SMILES string of the molecule is c1ccc(-n2ccc3ccc4c5cc(-c6cccc(-c7ccc8c9ccccc9c9ccccc9c8c7)c6)ccc5n(-c5ccccc5)c4c32)cc1. The first-order chi connectivity index (χ1) is 25.8. The topological polar surface area (TPSA) is 9.86 Å². The molecule has 0 N–H and O–H groups in total. The fourth-order valence-electron chi connectivity index (χ4n) is 8.52. The van der Waals surface area contributed by atoms with Crippen molar-refractivity contribution in [2.45, 2.75) is 0 Å². The van der Waals surface area contributed by atoms with Crippen molar-refractivity contribution in [3.8, 4) is 33.6 Å². The normalized spacial score (nSPS) is 11.8. The Bertz CT molecular complexity index is 3130. The Balaban J connectivity index is 1.11. The van der Waals surface area contributed by atoms with Crippen molar-refractivity contribution < 1.29 is 0 Å². The van der Waals surface area contributed by atoms with Crippen LogP contribution in [-0.2, 0) is 0 Å². The molecule has 0 amide bonds. The predicted molar refractivity (Wildman–Crippen MR) is 221 cm³/mol. The van der Waals surface area contributed by atoms with E-state index in [1.807, 2.05) is 0 Å². The zero-order valence-corrected chi connectivity index (χ0v) is 28.4. The molecule has 2 heteroatoms. The van der Waals surface area contributed by atoms with Crippen molar-refractivity contribution in [1.82, 2.24) is 9.13 Å². The van der Waals surface area contributed by atoms with Crippen LogP contribution < -0.4 is 0 Å². The average molecular weight is 661 g/mol. The zero-order valence-electron chi connectivity index (χ0n) is 28.4. The van der Waals surface area contributed by atoms with Crippen molar-refractivity contribution in [3.05, 3.63) is 194 Å². The summed E-state index contributed by atoms with van der Waals surface area (Å²) in [4.78, 5) is 0. The fraction of sp³-hybridized carbons (Fsp3) is 0. The first-order valence-corrected chi connectivity index (χ1v) is 17.9. The summed E-state index contributed by atoms with van der Waals surface area (Å²) in [5.74, 6) is 0. The van der Waals surface area contributed by atoms with Gasteiger partial charge in [0.15, 0.2) is 0 Å². The molecule has 11 rings (SSSR count). The van der Waals surface area contributed by atoms with Crippen LogP contribution in [0.4, 0.5) is 0 Å². The van der Waals surface area contributed by atoms with E-state index in [0.29, 0.717) is 0 Å². The van der Waals surface area contributed by atoms with E-state index in [1.54, 1.807) is 0 Å². The summed E-state index contributed by atoms with van der Waals surface area (Å²) in [5.41, 5.74) is 10.8. The summed E-state index contributed by atoms with van der Waals surface area (Å²) in [7, 11) is 0. The maximum Gasteiger partial charge on any atom is 0.0788 e. The van der Waals surface area contributed by atoms with E-state index >= 15 is 0 Å². The molecule has 2 aromatic heterocycles. The van der Waals surface area contributed by atoms with Gasteiger partial charge in [-0.25, -0.2) is 0 Å². The largest absolute Gasteiger partial charge is 0.315 e. The molecule has 0 saturated carbocycles. The molecule has 0 bridgehead atoms. The van der Waals surface area contributed by atoms with Gasteiger partial charge < -0.3 is 9.13 Å². The number of fused-ring (bicyclic) bond motifs is 11. The summed E-state index contributed by atoms with van der Waals surface area (Å²) >= 11 is 0. The molecule has 0 spiro atoms. The molecule has 0 aliphatic rings. The minimum absolute atomic E-state index is 1.15. The van der Waals surface area contributed by atoms with E-state index in [4.69, 9.17) is 0 Å². The van der Waals surface area contributed by atoms with Crippen molar-refractivity contribution in [2.24, 2.45) is 0 Å². The van der Waals surface area contributed by atoms with Gasteiger partial charge in [-0.15, -0.1) is 0 Å². The highest BCUT2D eigenvalue weighted by molar-refractivity contribution is 6.26. The lowest BCUT2D eigenvalue weighted by Gasteiger charge is -2.13. The maximum absolute atomic E-state index is 2.44. The lowest BCUT2D eigenvalue weighted by Crippen LogP contribution is -1.97. The number of nitrogens with zero attached hydrogens (tertiary/aromatic N) is 2.